The number of nitrogens with one attached hydrogen (secondary N) is 1. The molecule has 1 aliphatic heterocycles. The van der Waals surface area contributed by atoms with Crippen LogP contribution in [0.5, 0.6) is 5.75 Å². The Hall–Kier alpha value is -1.22. The number of hydrogen-bond acceptors (Lipinski definition) is 3. The number of likely N-dealkylation sites (tertiary alicyclic amines) is 1. The number of nitrogens with zero attached hydrogens (tertiary/aromatic N) is 1. The highest BCUT2D eigenvalue weighted by Gasteiger charge is 2.20. The predicted molar refractivity (Wildman–Crippen MR) is 76.3 cm³/mol. The van der Waals surface area contributed by atoms with Crippen LogP contribution < -0.4 is 10.1 Å². The normalized spacial score (nSPS) is 18.0. The topological polar surface area (TPSA) is 24.5 Å². The van der Waals surface area contributed by atoms with Crippen molar-refractivity contribution in [3.05, 3.63) is 24.3 Å². The van der Waals surface area contributed by atoms with Crippen LogP contribution in [0.25, 0.3) is 0 Å². The molecule has 1 aliphatic rings. The van der Waals surface area contributed by atoms with Gasteiger partial charge in [0.2, 0.25) is 0 Å². The lowest BCUT2D eigenvalue weighted by molar-refractivity contribution is 0.177. The van der Waals surface area contributed by atoms with E-state index in [4.69, 9.17) is 4.74 Å². The first-order valence-electron chi connectivity index (χ1n) is 6.83. The average molecular weight is 248 g/mol. The fraction of sp³-hybridized carbons (Fsp3) is 0.600. The monoisotopic (exact) mass is 248 g/mol. The van der Waals surface area contributed by atoms with Crippen LogP contribution in [0, 0.1) is 0 Å². The molecular weight excluding hydrogens is 224 g/mol. The summed E-state index contributed by atoms with van der Waals surface area (Å²) in [5, 5.41) is 3.61. The van der Waals surface area contributed by atoms with E-state index in [0.717, 1.165) is 11.4 Å². The number of benzene rings is 1. The molecule has 0 unspecified atom stereocenters. The predicted octanol–water partition coefficient (Wildman–Crippen LogP) is 2.98. The van der Waals surface area contributed by atoms with Gasteiger partial charge in [0.1, 0.15) is 5.75 Å². The van der Waals surface area contributed by atoms with E-state index >= 15 is 0 Å². The first-order valence-corrected chi connectivity index (χ1v) is 6.83. The van der Waals surface area contributed by atoms with Crippen LogP contribution in [-0.4, -0.2) is 37.2 Å². The van der Waals surface area contributed by atoms with Crippen molar-refractivity contribution in [2.75, 3.05) is 25.5 Å². The quantitative estimate of drug-likeness (QED) is 0.886. The Bertz CT molecular complexity index is 371. The van der Waals surface area contributed by atoms with Gasteiger partial charge >= 0.3 is 0 Å². The van der Waals surface area contributed by atoms with E-state index in [9.17, 15) is 0 Å². The van der Waals surface area contributed by atoms with Gasteiger partial charge in [0.25, 0.3) is 0 Å². The average Bonchev–Trinajstić information content (AvgIpc) is 2.39. The highest BCUT2D eigenvalue weighted by atomic mass is 16.5. The van der Waals surface area contributed by atoms with Crippen LogP contribution in [0.4, 0.5) is 5.69 Å². The van der Waals surface area contributed by atoms with E-state index < -0.39 is 0 Å². The van der Waals surface area contributed by atoms with Crippen LogP contribution in [0.3, 0.4) is 0 Å². The second-order valence-electron chi connectivity index (χ2n) is 5.28. The van der Waals surface area contributed by atoms with E-state index in [2.05, 4.69) is 36.2 Å². The number of ether oxygens (including phenoxy) is 1. The molecule has 0 radical (unpaired) electrons. The molecule has 2 rings (SSSR count). The van der Waals surface area contributed by atoms with Gasteiger partial charge in [-0.25, -0.2) is 0 Å². The van der Waals surface area contributed by atoms with Crippen molar-refractivity contribution in [2.45, 2.75) is 38.8 Å². The Morgan fingerprint density at radius 1 is 1.28 bits per heavy atom. The SMILES string of the molecule is COc1cccc(NC2CCN(C(C)C)CC2)c1. The second kappa shape index (κ2) is 6.10. The van der Waals surface area contributed by atoms with Crippen molar-refractivity contribution in [1.29, 1.82) is 0 Å². The van der Waals surface area contributed by atoms with E-state index in [1.807, 2.05) is 12.1 Å². The van der Waals surface area contributed by atoms with Gasteiger partial charge in [-0.3, -0.25) is 0 Å². The fourth-order valence-electron chi connectivity index (χ4n) is 2.51. The zero-order valence-electron chi connectivity index (χ0n) is 11.6. The lowest BCUT2D eigenvalue weighted by Crippen LogP contribution is -2.42. The summed E-state index contributed by atoms with van der Waals surface area (Å²) in [5.74, 6) is 0.916. The van der Waals surface area contributed by atoms with Gasteiger partial charge in [0.15, 0.2) is 0 Å². The van der Waals surface area contributed by atoms with Crippen LogP contribution in [0.15, 0.2) is 24.3 Å². The molecule has 0 aromatic heterocycles. The molecular formula is C15H24N2O. The van der Waals surface area contributed by atoms with Crippen molar-refractivity contribution in [3.8, 4) is 5.75 Å². The standard InChI is InChI=1S/C15H24N2O/c1-12(2)17-9-7-13(8-10-17)16-14-5-4-6-15(11-14)18-3/h4-6,11-13,16H,7-10H2,1-3H3. The van der Waals surface area contributed by atoms with Gasteiger partial charge in [-0.1, -0.05) is 6.07 Å². The third-order valence-electron chi connectivity index (χ3n) is 3.70. The number of rotatable bonds is 4. The Balaban J connectivity index is 1.87. The Morgan fingerprint density at radius 2 is 2.00 bits per heavy atom. The number of hydrogen-bond donors (Lipinski definition) is 1. The molecule has 3 nitrogen and oxygen atoms in total. The molecule has 1 fully saturated rings. The van der Waals surface area contributed by atoms with E-state index in [-0.39, 0.29) is 0 Å². The largest absolute Gasteiger partial charge is 0.497 e. The third kappa shape index (κ3) is 3.39. The number of methoxy groups -OCH3 is 1. The van der Waals surface area contributed by atoms with Gasteiger partial charge in [-0.15, -0.1) is 0 Å². The van der Waals surface area contributed by atoms with Crippen molar-refractivity contribution in [2.24, 2.45) is 0 Å². The van der Waals surface area contributed by atoms with Gasteiger partial charge in [0, 0.05) is 36.9 Å². The van der Waals surface area contributed by atoms with Gasteiger partial charge in [-0.05, 0) is 38.8 Å². The molecule has 1 aromatic carbocycles. The van der Waals surface area contributed by atoms with Gasteiger partial charge in [0.05, 0.1) is 7.11 Å². The molecule has 0 spiro atoms. The Morgan fingerprint density at radius 3 is 2.61 bits per heavy atom. The minimum atomic E-state index is 0.590. The highest BCUT2D eigenvalue weighted by Crippen LogP contribution is 2.21. The molecule has 1 saturated heterocycles. The van der Waals surface area contributed by atoms with Crippen molar-refractivity contribution in [3.63, 3.8) is 0 Å². The first-order chi connectivity index (χ1) is 8.69. The lowest BCUT2D eigenvalue weighted by atomic mass is 10.0. The van der Waals surface area contributed by atoms with Crippen LogP contribution in [-0.2, 0) is 0 Å². The van der Waals surface area contributed by atoms with Crippen LogP contribution in [0.1, 0.15) is 26.7 Å². The maximum atomic E-state index is 5.24. The summed E-state index contributed by atoms with van der Waals surface area (Å²) in [7, 11) is 1.71. The molecule has 3 heteroatoms. The van der Waals surface area contributed by atoms with Gasteiger partial charge in [-0.2, -0.15) is 0 Å². The molecule has 100 valence electrons. The molecule has 0 atom stereocenters. The molecule has 18 heavy (non-hydrogen) atoms. The van der Waals surface area contributed by atoms with E-state index in [1.165, 1.54) is 25.9 Å². The zero-order chi connectivity index (χ0) is 13.0. The minimum absolute atomic E-state index is 0.590. The molecule has 0 saturated carbocycles. The van der Waals surface area contributed by atoms with Crippen molar-refractivity contribution >= 4 is 5.69 Å². The van der Waals surface area contributed by atoms with Crippen molar-refractivity contribution in [1.82, 2.24) is 4.90 Å². The fourth-order valence-corrected chi connectivity index (χ4v) is 2.51. The van der Waals surface area contributed by atoms with Crippen LogP contribution >= 0.6 is 0 Å². The summed E-state index contributed by atoms with van der Waals surface area (Å²) in [6.45, 7) is 6.93. The Kier molecular flexibility index (Phi) is 4.48. The molecule has 0 amide bonds. The summed E-state index contributed by atoms with van der Waals surface area (Å²) in [5.41, 5.74) is 1.16. The summed E-state index contributed by atoms with van der Waals surface area (Å²) in [6.07, 6.45) is 2.44. The summed E-state index contributed by atoms with van der Waals surface area (Å²) < 4.78 is 5.24. The maximum Gasteiger partial charge on any atom is 0.120 e. The zero-order valence-corrected chi connectivity index (χ0v) is 11.6. The lowest BCUT2D eigenvalue weighted by Gasteiger charge is -2.35. The molecule has 0 bridgehead atoms. The number of piperidine rings is 1. The summed E-state index contributed by atoms with van der Waals surface area (Å²) in [6, 6.07) is 9.44. The minimum Gasteiger partial charge on any atom is -0.497 e. The van der Waals surface area contributed by atoms with E-state index in [0.29, 0.717) is 12.1 Å². The highest BCUT2D eigenvalue weighted by molar-refractivity contribution is 5.48. The molecule has 0 aliphatic carbocycles. The molecule has 1 N–H and O–H groups in total. The first kappa shape index (κ1) is 13.2. The second-order valence-corrected chi connectivity index (χ2v) is 5.28. The maximum absolute atomic E-state index is 5.24. The number of anilines is 1. The van der Waals surface area contributed by atoms with Crippen molar-refractivity contribution < 1.29 is 4.74 Å². The van der Waals surface area contributed by atoms with Gasteiger partial charge < -0.3 is 15.0 Å². The van der Waals surface area contributed by atoms with Crippen LogP contribution in [0.2, 0.25) is 0 Å². The Labute approximate surface area is 110 Å². The van der Waals surface area contributed by atoms with E-state index in [1.54, 1.807) is 7.11 Å². The summed E-state index contributed by atoms with van der Waals surface area (Å²) in [4.78, 5) is 2.55. The third-order valence-corrected chi connectivity index (χ3v) is 3.70. The smallest absolute Gasteiger partial charge is 0.120 e. The molecule has 1 aromatic rings. The molecule has 1 heterocycles. The summed E-state index contributed by atoms with van der Waals surface area (Å²) >= 11 is 0.